The number of aromatic nitrogens is 2. The van der Waals surface area contributed by atoms with Crippen molar-refractivity contribution < 1.29 is 4.39 Å². The van der Waals surface area contributed by atoms with E-state index < -0.39 is 0 Å². The van der Waals surface area contributed by atoms with Gasteiger partial charge in [0.1, 0.15) is 5.82 Å². The van der Waals surface area contributed by atoms with Crippen LogP contribution >= 0.6 is 11.3 Å². The molecule has 2 aromatic heterocycles. The number of aryl methyl sites for hydroxylation is 2. The fraction of sp³-hybridized carbons (Fsp3) is 0.214. The molecule has 5 heteroatoms. The Balaban J connectivity index is 1.87. The molecular weight excluding hydrogens is 261 g/mol. The number of imidazole rings is 1. The lowest BCUT2D eigenvalue weighted by atomic mass is 10.2. The van der Waals surface area contributed by atoms with Gasteiger partial charge in [0.2, 0.25) is 0 Å². The van der Waals surface area contributed by atoms with Gasteiger partial charge in [0, 0.05) is 11.6 Å². The number of nitrogens with one attached hydrogen (secondary N) is 1. The molecule has 19 heavy (non-hydrogen) atoms. The molecule has 98 valence electrons. The van der Waals surface area contributed by atoms with Crippen LogP contribution in [-0.2, 0) is 6.54 Å². The molecule has 2 heterocycles. The average molecular weight is 275 g/mol. The Kier molecular flexibility index (Phi) is 2.98. The maximum absolute atomic E-state index is 13.7. The number of nitrogens with zero attached hydrogens (tertiary/aromatic N) is 2. The number of anilines is 1. The lowest BCUT2D eigenvalue weighted by Gasteiger charge is -2.08. The minimum atomic E-state index is -0.227. The molecule has 0 amide bonds. The van der Waals surface area contributed by atoms with Crippen molar-refractivity contribution >= 4 is 22.0 Å². The molecule has 0 saturated heterocycles. The van der Waals surface area contributed by atoms with Crippen molar-refractivity contribution in [2.75, 3.05) is 5.32 Å². The zero-order valence-corrected chi connectivity index (χ0v) is 11.6. The fourth-order valence-corrected chi connectivity index (χ4v) is 2.89. The number of thiazole rings is 1. The molecule has 0 radical (unpaired) electrons. The van der Waals surface area contributed by atoms with Crippen LogP contribution in [0.5, 0.6) is 0 Å². The standard InChI is InChI=1S/C14H14FN3S/c1-9-3-4-11(15)12(7-9)16-8-13-10(2)17-14-18(13)5-6-19-14/h3-7,16H,8H2,1-2H3. The molecule has 1 aromatic carbocycles. The molecule has 0 atom stereocenters. The van der Waals surface area contributed by atoms with Gasteiger partial charge in [0.25, 0.3) is 0 Å². The van der Waals surface area contributed by atoms with Gasteiger partial charge in [-0.05, 0) is 31.5 Å². The third-order valence-corrected chi connectivity index (χ3v) is 3.89. The van der Waals surface area contributed by atoms with Gasteiger partial charge in [-0.15, -0.1) is 11.3 Å². The Bertz CT molecular complexity index is 729. The normalized spacial score (nSPS) is 11.1. The van der Waals surface area contributed by atoms with Crippen LogP contribution in [0.3, 0.4) is 0 Å². The molecule has 1 N–H and O–H groups in total. The first-order chi connectivity index (χ1) is 9.15. The van der Waals surface area contributed by atoms with E-state index in [4.69, 9.17) is 0 Å². The Morgan fingerprint density at radius 3 is 3.05 bits per heavy atom. The number of hydrogen-bond acceptors (Lipinski definition) is 3. The summed E-state index contributed by atoms with van der Waals surface area (Å²) in [5.74, 6) is -0.227. The molecule has 0 bridgehead atoms. The molecular formula is C14H14FN3S. The third kappa shape index (κ3) is 2.21. The molecule has 3 nitrogen and oxygen atoms in total. The Morgan fingerprint density at radius 1 is 1.37 bits per heavy atom. The Hall–Kier alpha value is -1.88. The fourth-order valence-electron chi connectivity index (χ4n) is 2.11. The first-order valence-electron chi connectivity index (χ1n) is 6.06. The predicted octanol–water partition coefficient (Wildman–Crippen LogP) is 3.76. The van der Waals surface area contributed by atoms with E-state index >= 15 is 0 Å². The summed E-state index contributed by atoms with van der Waals surface area (Å²) < 4.78 is 15.7. The second kappa shape index (κ2) is 4.66. The van der Waals surface area contributed by atoms with E-state index in [1.165, 1.54) is 6.07 Å². The molecule has 0 aliphatic carbocycles. The van der Waals surface area contributed by atoms with E-state index in [1.807, 2.05) is 35.9 Å². The quantitative estimate of drug-likeness (QED) is 0.788. The topological polar surface area (TPSA) is 29.3 Å². The minimum Gasteiger partial charge on any atom is -0.377 e. The lowest BCUT2D eigenvalue weighted by Crippen LogP contribution is -2.05. The molecule has 0 unspecified atom stereocenters. The number of hydrogen-bond donors (Lipinski definition) is 1. The maximum atomic E-state index is 13.7. The van der Waals surface area contributed by atoms with Crippen LogP contribution in [0.25, 0.3) is 4.96 Å². The zero-order valence-electron chi connectivity index (χ0n) is 10.8. The van der Waals surface area contributed by atoms with Crippen LogP contribution in [0.2, 0.25) is 0 Å². The van der Waals surface area contributed by atoms with Crippen molar-refractivity contribution in [3.8, 4) is 0 Å². The van der Waals surface area contributed by atoms with Crippen LogP contribution in [0.4, 0.5) is 10.1 Å². The molecule has 0 spiro atoms. The molecule has 0 saturated carbocycles. The second-order valence-electron chi connectivity index (χ2n) is 4.54. The Labute approximate surface area is 114 Å². The van der Waals surface area contributed by atoms with Gasteiger partial charge in [0.15, 0.2) is 4.96 Å². The summed E-state index contributed by atoms with van der Waals surface area (Å²) in [7, 11) is 0. The molecule has 0 aliphatic rings. The van der Waals surface area contributed by atoms with Gasteiger partial charge < -0.3 is 5.32 Å². The summed E-state index contributed by atoms with van der Waals surface area (Å²) >= 11 is 1.60. The summed E-state index contributed by atoms with van der Waals surface area (Å²) in [6, 6.07) is 5.07. The van der Waals surface area contributed by atoms with Crippen molar-refractivity contribution in [1.82, 2.24) is 9.38 Å². The van der Waals surface area contributed by atoms with E-state index in [0.717, 1.165) is 21.9 Å². The largest absolute Gasteiger partial charge is 0.377 e. The first kappa shape index (κ1) is 12.2. The highest BCUT2D eigenvalue weighted by Crippen LogP contribution is 2.20. The Morgan fingerprint density at radius 2 is 2.21 bits per heavy atom. The number of benzene rings is 1. The summed E-state index contributed by atoms with van der Waals surface area (Å²) in [4.78, 5) is 5.44. The molecule has 3 rings (SSSR count). The van der Waals surface area contributed by atoms with E-state index in [9.17, 15) is 4.39 Å². The summed E-state index contributed by atoms with van der Waals surface area (Å²) in [5.41, 5.74) is 3.61. The molecule has 0 aliphatic heterocycles. The van der Waals surface area contributed by atoms with Crippen molar-refractivity contribution in [1.29, 1.82) is 0 Å². The van der Waals surface area contributed by atoms with Gasteiger partial charge in [-0.1, -0.05) is 6.07 Å². The maximum Gasteiger partial charge on any atom is 0.194 e. The van der Waals surface area contributed by atoms with E-state index in [-0.39, 0.29) is 5.82 Å². The van der Waals surface area contributed by atoms with Gasteiger partial charge in [-0.25, -0.2) is 9.37 Å². The molecule has 0 fully saturated rings. The van der Waals surface area contributed by atoms with Gasteiger partial charge in [-0.3, -0.25) is 4.40 Å². The number of fused-ring (bicyclic) bond motifs is 1. The highest BCUT2D eigenvalue weighted by molar-refractivity contribution is 7.15. The van der Waals surface area contributed by atoms with Gasteiger partial charge in [-0.2, -0.15) is 0 Å². The van der Waals surface area contributed by atoms with Crippen LogP contribution in [0, 0.1) is 19.7 Å². The summed E-state index contributed by atoms with van der Waals surface area (Å²) in [6.07, 6.45) is 1.99. The van der Waals surface area contributed by atoms with Crippen molar-refractivity contribution in [3.63, 3.8) is 0 Å². The van der Waals surface area contributed by atoms with Crippen LogP contribution < -0.4 is 5.32 Å². The minimum absolute atomic E-state index is 0.227. The van der Waals surface area contributed by atoms with E-state index in [2.05, 4.69) is 10.3 Å². The highest BCUT2D eigenvalue weighted by Gasteiger charge is 2.10. The number of rotatable bonds is 3. The first-order valence-corrected chi connectivity index (χ1v) is 6.94. The van der Waals surface area contributed by atoms with E-state index in [0.29, 0.717) is 12.2 Å². The predicted molar refractivity (Wildman–Crippen MR) is 76.3 cm³/mol. The monoisotopic (exact) mass is 275 g/mol. The number of halogens is 1. The van der Waals surface area contributed by atoms with Crippen LogP contribution in [-0.4, -0.2) is 9.38 Å². The third-order valence-electron chi connectivity index (χ3n) is 3.13. The van der Waals surface area contributed by atoms with Crippen LogP contribution in [0.15, 0.2) is 29.8 Å². The summed E-state index contributed by atoms with van der Waals surface area (Å²) in [5, 5.41) is 5.15. The van der Waals surface area contributed by atoms with Crippen molar-refractivity contribution in [3.05, 3.63) is 52.5 Å². The van der Waals surface area contributed by atoms with Gasteiger partial charge in [0.05, 0.1) is 23.6 Å². The van der Waals surface area contributed by atoms with Crippen molar-refractivity contribution in [2.45, 2.75) is 20.4 Å². The summed E-state index contributed by atoms with van der Waals surface area (Å²) in [6.45, 7) is 4.49. The van der Waals surface area contributed by atoms with Crippen molar-refractivity contribution in [2.24, 2.45) is 0 Å². The smallest absolute Gasteiger partial charge is 0.194 e. The average Bonchev–Trinajstić information content (AvgIpc) is 2.92. The molecule has 3 aromatic rings. The van der Waals surface area contributed by atoms with E-state index in [1.54, 1.807) is 17.4 Å². The second-order valence-corrected chi connectivity index (χ2v) is 5.41. The van der Waals surface area contributed by atoms with Gasteiger partial charge >= 0.3 is 0 Å². The highest BCUT2D eigenvalue weighted by atomic mass is 32.1. The lowest BCUT2D eigenvalue weighted by molar-refractivity contribution is 0.629. The SMILES string of the molecule is Cc1ccc(F)c(NCc2c(C)nc3sccn23)c1. The van der Waals surface area contributed by atoms with Crippen LogP contribution in [0.1, 0.15) is 17.0 Å². The zero-order chi connectivity index (χ0) is 13.4.